The number of carbonyl (C=O) groups excluding carboxylic acids is 2. The van der Waals surface area contributed by atoms with Crippen LogP contribution in [0.25, 0.3) is 11.3 Å². The highest BCUT2D eigenvalue weighted by Gasteiger charge is 2.37. The van der Waals surface area contributed by atoms with Gasteiger partial charge >= 0.3 is 0 Å². The number of anilines is 1. The van der Waals surface area contributed by atoms with Gasteiger partial charge in [0, 0.05) is 48.7 Å². The van der Waals surface area contributed by atoms with Crippen LogP contribution in [-0.4, -0.2) is 38.9 Å². The summed E-state index contributed by atoms with van der Waals surface area (Å²) in [4.78, 5) is 31.6. The topological polar surface area (TPSA) is 80.1 Å². The third kappa shape index (κ3) is 5.10. The van der Waals surface area contributed by atoms with Crippen molar-refractivity contribution in [3.05, 3.63) is 101 Å². The number of thioether (sulfide) groups is 1. The lowest BCUT2D eigenvalue weighted by atomic mass is 9.99. The van der Waals surface area contributed by atoms with Gasteiger partial charge in [-0.25, -0.2) is 8.78 Å². The molecule has 10 heteroatoms. The molecule has 1 aliphatic heterocycles. The van der Waals surface area contributed by atoms with Crippen molar-refractivity contribution in [2.45, 2.75) is 11.8 Å². The number of rotatable bonds is 6. The summed E-state index contributed by atoms with van der Waals surface area (Å²) in [6, 6.07) is 16.4. The fourth-order valence-electron chi connectivity index (χ4n) is 4.36. The molecule has 4 aromatic rings. The molecule has 1 aliphatic rings. The van der Waals surface area contributed by atoms with E-state index in [0.717, 1.165) is 17.2 Å². The third-order valence-electron chi connectivity index (χ3n) is 6.08. The number of benzene rings is 2. The Labute approximate surface area is 216 Å². The second kappa shape index (κ2) is 10.5. The largest absolute Gasteiger partial charge is 0.350 e. The first-order valence-corrected chi connectivity index (χ1v) is 12.6. The molecule has 37 heavy (non-hydrogen) atoms. The lowest BCUT2D eigenvalue weighted by molar-refractivity contribution is -0.123. The van der Waals surface area contributed by atoms with Crippen molar-refractivity contribution in [3.63, 3.8) is 0 Å². The molecule has 2 aromatic carbocycles. The number of nitrogens with one attached hydrogen (secondary N) is 1. The lowest BCUT2D eigenvalue weighted by Crippen LogP contribution is -2.42. The monoisotopic (exact) mass is 519 g/mol. The van der Waals surface area contributed by atoms with Crippen molar-refractivity contribution >= 4 is 29.4 Å². The molecule has 0 saturated carbocycles. The molecule has 0 spiro atoms. The van der Waals surface area contributed by atoms with Crippen LogP contribution in [0.2, 0.25) is 0 Å². The predicted molar refractivity (Wildman–Crippen MR) is 138 cm³/mol. The van der Waals surface area contributed by atoms with Crippen molar-refractivity contribution in [2.24, 2.45) is 7.05 Å². The predicted octanol–water partition coefficient (Wildman–Crippen LogP) is 4.25. The van der Waals surface area contributed by atoms with Crippen LogP contribution in [0, 0.1) is 11.6 Å². The normalized spacial score (nSPS) is 15.3. The van der Waals surface area contributed by atoms with Gasteiger partial charge in [0.15, 0.2) is 0 Å². The van der Waals surface area contributed by atoms with Crippen molar-refractivity contribution < 1.29 is 18.4 Å². The Morgan fingerprint density at radius 1 is 1.11 bits per heavy atom. The van der Waals surface area contributed by atoms with E-state index in [2.05, 4.69) is 15.4 Å². The van der Waals surface area contributed by atoms with E-state index in [1.807, 2.05) is 30.3 Å². The van der Waals surface area contributed by atoms with Crippen LogP contribution in [-0.2, 0) is 23.2 Å². The fraction of sp³-hybridized carbons (Fsp3) is 0.185. The number of pyridine rings is 1. The van der Waals surface area contributed by atoms with Crippen LogP contribution in [0.3, 0.4) is 0 Å². The van der Waals surface area contributed by atoms with E-state index >= 15 is 4.39 Å². The summed E-state index contributed by atoms with van der Waals surface area (Å²) in [5.41, 5.74) is 3.06. The van der Waals surface area contributed by atoms with Crippen molar-refractivity contribution in [3.8, 4) is 11.3 Å². The van der Waals surface area contributed by atoms with E-state index in [-0.39, 0.29) is 36.2 Å². The van der Waals surface area contributed by atoms with E-state index < -0.39 is 16.9 Å². The number of aromatic nitrogens is 3. The molecule has 0 radical (unpaired) electrons. The zero-order chi connectivity index (χ0) is 25.9. The molecule has 5 rings (SSSR count). The van der Waals surface area contributed by atoms with E-state index in [9.17, 15) is 14.0 Å². The minimum Gasteiger partial charge on any atom is -0.350 e. The third-order valence-corrected chi connectivity index (χ3v) is 7.31. The molecule has 1 N–H and O–H groups in total. The van der Waals surface area contributed by atoms with Crippen LogP contribution in [0.4, 0.5) is 14.6 Å². The summed E-state index contributed by atoms with van der Waals surface area (Å²) >= 11 is 1.23. The standard InChI is InChI=1S/C27H23F2N5O2S/c1-33-27-24(25(32-33)18-5-3-2-4-6-18)26(20-8-7-19(28)13-21(20)29)37-16-23(36)34(27)15-22(35)31-14-17-9-11-30-12-10-17/h2-13,26H,14-16H2,1H3,(H,31,35)/t26-/m1/s1. The van der Waals surface area contributed by atoms with Gasteiger partial charge in [-0.15, -0.1) is 11.8 Å². The zero-order valence-electron chi connectivity index (χ0n) is 19.9. The van der Waals surface area contributed by atoms with E-state index in [1.54, 1.807) is 36.3 Å². The Hall–Kier alpha value is -4.05. The van der Waals surface area contributed by atoms with Crippen LogP contribution < -0.4 is 10.2 Å². The summed E-state index contributed by atoms with van der Waals surface area (Å²) in [5.74, 6) is -1.64. The summed E-state index contributed by atoms with van der Waals surface area (Å²) < 4.78 is 30.3. The van der Waals surface area contributed by atoms with E-state index in [4.69, 9.17) is 0 Å². The first-order valence-electron chi connectivity index (χ1n) is 11.6. The average Bonchev–Trinajstić information content (AvgIpc) is 3.17. The Bertz CT molecular complexity index is 1450. The van der Waals surface area contributed by atoms with Gasteiger partial charge in [-0.2, -0.15) is 5.10 Å². The number of carbonyl (C=O) groups is 2. The number of aryl methyl sites for hydroxylation is 1. The number of hydrogen-bond donors (Lipinski definition) is 1. The highest BCUT2D eigenvalue weighted by atomic mass is 32.2. The maximum atomic E-state index is 15.0. The molecule has 3 heterocycles. The molecule has 7 nitrogen and oxygen atoms in total. The molecule has 0 aliphatic carbocycles. The van der Waals surface area contributed by atoms with Crippen molar-refractivity contribution in [1.82, 2.24) is 20.1 Å². The Morgan fingerprint density at radius 3 is 2.59 bits per heavy atom. The van der Waals surface area contributed by atoms with Crippen LogP contribution in [0.1, 0.15) is 21.9 Å². The van der Waals surface area contributed by atoms with E-state index in [0.29, 0.717) is 17.1 Å². The Kier molecular flexibility index (Phi) is 7.00. The molecular formula is C27H23F2N5O2S. The number of nitrogens with zero attached hydrogens (tertiary/aromatic N) is 4. The maximum Gasteiger partial charge on any atom is 0.240 e. The molecule has 0 bridgehead atoms. The summed E-state index contributed by atoms with van der Waals surface area (Å²) in [5, 5.41) is 6.88. The number of halogens is 2. The number of fused-ring (bicyclic) bond motifs is 1. The minimum atomic E-state index is -0.706. The molecule has 0 fully saturated rings. The minimum absolute atomic E-state index is 0.00201. The van der Waals surface area contributed by atoms with E-state index in [1.165, 1.54) is 28.8 Å². The molecule has 1 atom stereocenters. The summed E-state index contributed by atoms with van der Waals surface area (Å²) in [7, 11) is 1.69. The molecular weight excluding hydrogens is 496 g/mol. The van der Waals surface area contributed by atoms with Gasteiger partial charge in [0.05, 0.1) is 16.7 Å². The zero-order valence-corrected chi connectivity index (χ0v) is 20.7. The van der Waals surface area contributed by atoms with Gasteiger partial charge in [0.2, 0.25) is 11.8 Å². The van der Waals surface area contributed by atoms with Crippen LogP contribution >= 0.6 is 11.8 Å². The van der Waals surface area contributed by atoms with Gasteiger partial charge < -0.3 is 5.32 Å². The van der Waals surface area contributed by atoms with Gasteiger partial charge in [0.1, 0.15) is 24.0 Å². The molecule has 188 valence electrons. The van der Waals surface area contributed by atoms with Gasteiger partial charge in [0.25, 0.3) is 0 Å². The first-order chi connectivity index (χ1) is 17.9. The lowest BCUT2D eigenvalue weighted by Gasteiger charge is -2.22. The molecule has 0 saturated heterocycles. The van der Waals surface area contributed by atoms with Gasteiger partial charge in [-0.3, -0.25) is 24.2 Å². The Morgan fingerprint density at radius 2 is 1.86 bits per heavy atom. The van der Waals surface area contributed by atoms with Gasteiger partial charge in [-0.05, 0) is 23.8 Å². The maximum absolute atomic E-state index is 15.0. The van der Waals surface area contributed by atoms with Crippen LogP contribution in [0.15, 0.2) is 73.1 Å². The average molecular weight is 520 g/mol. The molecule has 2 amide bonds. The van der Waals surface area contributed by atoms with Crippen LogP contribution in [0.5, 0.6) is 0 Å². The highest BCUT2D eigenvalue weighted by Crippen LogP contribution is 2.48. The van der Waals surface area contributed by atoms with Gasteiger partial charge in [-0.1, -0.05) is 36.4 Å². The number of amides is 2. The second-order valence-corrected chi connectivity index (χ2v) is 9.64. The molecule has 0 unspecified atom stereocenters. The first kappa shape index (κ1) is 24.6. The second-order valence-electron chi connectivity index (χ2n) is 8.54. The Balaban J connectivity index is 1.56. The quantitative estimate of drug-likeness (QED) is 0.412. The van der Waals surface area contributed by atoms with Crippen molar-refractivity contribution in [1.29, 1.82) is 0 Å². The highest BCUT2D eigenvalue weighted by molar-refractivity contribution is 8.00. The summed E-state index contributed by atoms with van der Waals surface area (Å²) in [6.45, 7) is 0.0545. The molecule has 2 aromatic heterocycles. The fourth-order valence-corrected chi connectivity index (χ4v) is 5.58. The van der Waals surface area contributed by atoms with Crippen molar-refractivity contribution in [2.75, 3.05) is 17.2 Å². The summed E-state index contributed by atoms with van der Waals surface area (Å²) in [6.07, 6.45) is 3.28. The smallest absolute Gasteiger partial charge is 0.240 e. The number of hydrogen-bond acceptors (Lipinski definition) is 5. The SMILES string of the molecule is Cn1nc(-c2ccccc2)c2c1N(CC(=O)NCc1ccncc1)C(=O)CS[C@@H]2c1ccc(F)cc1F.